The molecule has 1 aromatic heterocycles. The van der Waals surface area contributed by atoms with Crippen molar-refractivity contribution in [3.05, 3.63) is 39.8 Å². The number of amides is 1. The third-order valence-electron chi connectivity index (χ3n) is 4.45. The topological polar surface area (TPSA) is 62.1 Å². The molecule has 24 heavy (non-hydrogen) atoms. The highest BCUT2D eigenvalue weighted by molar-refractivity contribution is 7.17. The SMILES string of the molecule is Cc1ccc(-c2c(C)sc(NC(=O)C3CCCO3)c2C#N)cc1C. The third kappa shape index (κ3) is 3.08. The van der Waals surface area contributed by atoms with Gasteiger partial charge in [0, 0.05) is 17.0 Å². The first kappa shape index (κ1) is 16.7. The van der Waals surface area contributed by atoms with Crippen LogP contribution in [-0.4, -0.2) is 18.6 Å². The smallest absolute Gasteiger partial charge is 0.254 e. The summed E-state index contributed by atoms with van der Waals surface area (Å²) < 4.78 is 5.42. The fraction of sp³-hybridized carbons (Fsp3) is 0.368. The van der Waals surface area contributed by atoms with E-state index >= 15 is 0 Å². The lowest BCUT2D eigenvalue weighted by atomic mass is 9.98. The highest BCUT2D eigenvalue weighted by atomic mass is 32.1. The van der Waals surface area contributed by atoms with Crippen molar-refractivity contribution in [3.8, 4) is 17.2 Å². The molecule has 1 fully saturated rings. The number of nitrogens with one attached hydrogen (secondary N) is 1. The second-order valence-electron chi connectivity index (χ2n) is 6.14. The van der Waals surface area contributed by atoms with Gasteiger partial charge in [0.1, 0.15) is 17.2 Å². The molecule has 1 amide bonds. The summed E-state index contributed by atoms with van der Waals surface area (Å²) in [5, 5.41) is 13.2. The van der Waals surface area contributed by atoms with Crippen LogP contribution in [0.4, 0.5) is 5.00 Å². The number of hydrogen-bond acceptors (Lipinski definition) is 4. The van der Waals surface area contributed by atoms with E-state index in [-0.39, 0.29) is 5.91 Å². The number of carbonyl (C=O) groups excluding carboxylic acids is 1. The van der Waals surface area contributed by atoms with Gasteiger partial charge in [-0.25, -0.2) is 0 Å². The van der Waals surface area contributed by atoms with Crippen LogP contribution >= 0.6 is 11.3 Å². The molecule has 1 atom stereocenters. The number of nitriles is 1. The quantitative estimate of drug-likeness (QED) is 0.904. The maximum Gasteiger partial charge on any atom is 0.254 e. The van der Waals surface area contributed by atoms with Gasteiger partial charge in [0.15, 0.2) is 0 Å². The van der Waals surface area contributed by atoms with Gasteiger partial charge < -0.3 is 10.1 Å². The molecule has 1 aliphatic rings. The number of rotatable bonds is 3. The predicted molar refractivity (Wildman–Crippen MR) is 96.3 cm³/mol. The number of ether oxygens (including phenoxy) is 1. The van der Waals surface area contributed by atoms with Crippen LogP contribution in [0.1, 0.15) is 34.4 Å². The molecule has 2 aromatic rings. The van der Waals surface area contributed by atoms with Crippen molar-refractivity contribution in [2.24, 2.45) is 0 Å². The molecule has 0 spiro atoms. The van der Waals surface area contributed by atoms with E-state index in [9.17, 15) is 10.1 Å². The lowest BCUT2D eigenvalue weighted by Gasteiger charge is -2.09. The lowest BCUT2D eigenvalue weighted by Crippen LogP contribution is -2.26. The highest BCUT2D eigenvalue weighted by Crippen LogP contribution is 2.40. The summed E-state index contributed by atoms with van der Waals surface area (Å²) in [5.41, 5.74) is 4.87. The van der Waals surface area contributed by atoms with Crippen LogP contribution in [0.5, 0.6) is 0 Å². The number of aryl methyl sites for hydroxylation is 3. The summed E-state index contributed by atoms with van der Waals surface area (Å²) >= 11 is 1.45. The fourth-order valence-corrected chi connectivity index (χ4v) is 3.99. The Hall–Kier alpha value is -2.16. The number of benzene rings is 1. The zero-order valence-corrected chi connectivity index (χ0v) is 14.9. The Balaban J connectivity index is 1.96. The van der Waals surface area contributed by atoms with Crippen molar-refractivity contribution in [1.29, 1.82) is 5.26 Å². The summed E-state index contributed by atoms with van der Waals surface area (Å²) in [6.45, 7) is 6.74. The summed E-state index contributed by atoms with van der Waals surface area (Å²) in [4.78, 5) is 13.3. The Kier molecular flexibility index (Phi) is 4.70. The van der Waals surface area contributed by atoms with E-state index in [1.54, 1.807) is 0 Å². The summed E-state index contributed by atoms with van der Waals surface area (Å²) in [7, 11) is 0. The molecule has 3 rings (SSSR count). The third-order valence-corrected chi connectivity index (χ3v) is 5.47. The monoisotopic (exact) mass is 340 g/mol. The molecular formula is C19H20N2O2S. The Morgan fingerprint density at radius 1 is 1.33 bits per heavy atom. The standard InChI is InChI=1S/C19H20N2O2S/c1-11-6-7-14(9-12(11)2)17-13(3)24-19(15(17)10-20)21-18(22)16-5-4-8-23-16/h6-7,9,16H,4-5,8H2,1-3H3,(H,21,22). The lowest BCUT2D eigenvalue weighted by molar-refractivity contribution is -0.124. The van der Waals surface area contributed by atoms with Gasteiger partial charge in [-0.1, -0.05) is 18.2 Å². The van der Waals surface area contributed by atoms with Crippen molar-refractivity contribution >= 4 is 22.2 Å². The minimum Gasteiger partial charge on any atom is -0.368 e. The van der Waals surface area contributed by atoms with Gasteiger partial charge in [0.05, 0.1) is 5.56 Å². The van der Waals surface area contributed by atoms with E-state index in [4.69, 9.17) is 4.74 Å². The molecule has 0 radical (unpaired) electrons. The van der Waals surface area contributed by atoms with Crippen molar-refractivity contribution in [3.63, 3.8) is 0 Å². The summed E-state index contributed by atoms with van der Waals surface area (Å²) in [5.74, 6) is -0.156. The van der Waals surface area contributed by atoms with Crippen LogP contribution < -0.4 is 5.32 Å². The molecule has 0 aliphatic carbocycles. The first-order valence-corrected chi connectivity index (χ1v) is 8.86. The molecular weight excluding hydrogens is 320 g/mol. The number of thiophene rings is 1. The van der Waals surface area contributed by atoms with E-state index in [0.717, 1.165) is 28.8 Å². The van der Waals surface area contributed by atoms with Gasteiger partial charge in [0.25, 0.3) is 5.91 Å². The average Bonchev–Trinajstić information content (AvgIpc) is 3.18. The molecule has 5 heteroatoms. The zero-order valence-electron chi connectivity index (χ0n) is 14.1. The summed E-state index contributed by atoms with van der Waals surface area (Å²) in [6.07, 6.45) is 1.24. The van der Waals surface area contributed by atoms with Gasteiger partial charge in [-0.3, -0.25) is 4.79 Å². The van der Waals surface area contributed by atoms with Gasteiger partial charge in [-0.15, -0.1) is 11.3 Å². The van der Waals surface area contributed by atoms with E-state index in [1.165, 1.54) is 22.5 Å². The largest absolute Gasteiger partial charge is 0.368 e. The molecule has 1 aliphatic heterocycles. The second kappa shape index (κ2) is 6.76. The Morgan fingerprint density at radius 2 is 2.12 bits per heavy atom. The van der Waals surface area contributed by atoms with Crippen molar-refractivity contribution in [2.75, 3.05) is 11.9 Å². The molecule has 1 saturated heterocycles. The molecule has 1 N–H and O–H groups in total. The maximum atomic E-state index is 12.3. The Labute approximate surface area is 146 Å². The van der Waals surface area contributed by atoms with Crippen LogP contribution in [0.2, 0.25) is 0 Å². The van der Waals surface area contributed by atoms with Gasteiger partial charge in [-0.2, -0.15) is 5.26 Å². The average molecular weight is 340 g/mol. The number of carbonyl (C=O) groups is 1. The first-order chi connectivity index (χ1) is 11.5. The molecule has 1 unspecified atom stereocenters. The summed E-state index contributed by atoms with van der Waals surface area (Å²) in [6, 6.07) is 8.46. The van der Waals surface area contributed by atoms with Crippen LogP contribution in [-0.2, 0) is 9.53 Å². The van der Waals surface area contributed by atoms with Gasteiger partial charge in [-0.05, 0) is 50.3 Å². The fourth-order valence-electron chi connectivity index (χ4n) is 2.96. The van der Waals surface area contributed by atoms with Gasteiger partial charge in [0.2, 0.25) is 0 Å². The maximum absolute atomic E-state index is 12.3. The number of anilines is 1. The minimum atomic E-state index is -0.399. The molecule has 124 valence electrons. The normalized spacial score (nSPS) is 16.8. The first-order valence-electron chi connectivity index (χ1n) is 8.05. The van der Waals surface area contributed by atoms with E-state index in [1.807, 2.05) is 13.0 Å². The van der Waals surface area contributed by atoms with Crippen LogP contribution in [0.15, 0.2) is 18.2 Å². The van der Waals surface area contributed by atoms with Crippen molar-refractivity contribution in [2.45, 2.75) is 39.7 Å². The van der Waals surface area contributed by atoms with Crippen LogP contribution in [0.25, 0.3) is 11.1 Å². The zero-order chi connectivity index (χ0) is 17.3. The molecule has 0 bridgehead atoms. The van der Waals surface area contributed by atoms with Gasteiger partial charge >= 0.3 is 0 Å². The second-order valence-corrected chi connectivity index (χ2v) is 7.36. The highest BCUT2D eigenvalue weighted by Gasteiger charge is 2.26. The van der Waals surface area contributed by atoms with E-state index < -0.39 is 6.10 Å². The minimum absolute atomic E-state index is 0.156. The molecule has 2 heterocycles. The molecule has 1 aromatic carbocycles. The van der Waals surface area contributed by atoms with Crippen LogP contribution in [0, 0.1) is 32.1 Å². The Bertz CT molecular complexity index is 827. The molecule has 4 nitrogen and oxygen atoms in total. The molecule has 0 saturated carbocycles. The number of nitrogens with zero attached hydrogens (tertiary/aromatic N) is 1. The van der Waals surface area contributed by atoms with E-state index in [2.05, 4.69) is 37.4 Å². The van der Waals surface area contributed by atoms with Crippen molar-refractivity contribution in [1.82, 2.24) is 0 Å². The number of hydrogen-bond donors (Lipinski definition) is 1. The van der Waals surface area contributed by atoms with Crippen LogP contribution in [0.3, 0.4) is 0 Å². The Morgan fingerprint density at radius 3 is 2.75 bits per heavy atom. The predicted octanol–water partition coefficient (Wildman–Crippen LogP) is 4.33. The van der Waals surface area contributed by atoms with E-state index in [0.29, 0.717) is 17.2 Å². The van der Waals surface area contributed by atoms with Crippen molar-refractivity contribution < 1.29 is 9.53 Å².